The van der Waals surface area contributed by atoms with E-state index in [1.165, 1.54) is 25.7 Å². The van der Waals surface area contributed by atoms with Crippen LogP contribution in [0.2, 0.25) is 0 Å². The maximum Gasteiger partial charge on any atom is 0 e. The Morgan fingerprint density at radius 2 is 1.14 bits per heavy atom. The minimum atomic E-state index is 0. The summed E-state index contributed by atoms with van der Waals surface area (Å²) < 4.78 is 0. The van der Waals surface area contributed by atoms with Gasteiger partial charge in [-0.05, 0) is 0 Å². The van der Waals surface area contributed by atoms with Crippen molar-refractivity contribution in [1.29, 1.82) is 0 Å². The summed E-state index contributed by atoms with van der Waals surface area (Å²) in [4.78, 5) is 0. The molecule has 4 radical (unpaired) electrons. The first-order valence-corrected chi connectivity index (χ1v) is 2.91. The van der Waals surface area contributed by atoms with E-state index >= 15 is 0 Å². The summed E-state index contributed by atoms with van der Waals surface area (Å²) in [6.45, 7) is 4.46. The molecule has 0 unspecified atom stereocenters. The van der Waals surface area contributed by atoms with E-state index in [-0.39, 0.29) is 11.0 Å². The summed E-state index contributed by atoms with van der Waals surface area (Å²) in [6.07, 6.45) is 5.54. The highest BCUT2D eigenvalue weighted by atomic mass is 28.1. The average Bonchev–Trinajstić information content (AvgIpc) is 1.61. The van der Waals surface area contributed by atoms with E-state index in [2.05, 4.69) is 13.8 Å². The van der Waals surface area contributed by atoms with Gasteiger partial charge in [0.25, 0.3) is 0 Å². The van der Waals surface area contributed by atoms with Crippen LogP contribution in [0.25, 0.3) is 0 Å². The van der Waals surface area contributed by atoms with E-state index in [9.17, 15) is 0 Å². The van der Waals surface area contributed by atoms with E-state index in [1.54, 1.807) is 0 Å². The highest BCUT2D eigenvalue weighted by Crippen LogP contribution is 1.95. The Hall–Kier alpha value is 0.217. The van der Waals surface area contributed by atoms with Gasteiger partial charge in [-0.25, -0.2) is 0 Å². The van der Waals surface area contributed by atoms with Gasteiger partial charge in [0, 0.05) is 11.0 Å². The molecule has 0 N–H and O–H groups in total. The van der Waals surface area contributed by atoms with E-state index in [0.29, 0.717) is 0 Å². The third-order valence-electron chi connectivity index (χ3n) is 0.957. The molecule has 0 aromatic carbocycles. The second-order valence-electron chi connectivity index (χ2n) is 1.71. The van der Waals surface area contributed by atoms with Crippen molar-refractivity contribution in [2.24, 2.45) is 0 Å². The Kier molecular flexibility index (Phi) is 13.9. The second-order valence-corrected chi connectivity index (χ2v) is 1.71. The van der Waals surface area contributed by atoms with E-state index in [1.807, 2.05) is 0 Å². The average molecular weight is 114 g/mol. The lowest BCUT2D eigenvalue weighted by molar-refractivity contribution is 0.702. The third kappa shape index (κ3) is 10.7. The van der Waals surface area contributed by atoms with E-state index in [4.69, 9.17) is 0 Å². The molecule has 42 valence electrons. The Labute approximate surface area is 51.3 Å². The van der Waals surface area contributed by atoms with Gasteiger partial charge < -0.3 is 0 Å². The molecule has 0 aromatic rings. The minimum Gasteiger partial charge on any atom is -0.0654 e. The normalized spacial score (nSPS) is 7.71. The zero-order valence-electron chi connectivity index (χ0n) is 5.33. The highest BCUT2D eigenvalue weighted by Gasteiger charge is 1.75. The topological polar surface area (TPSA) is 0 Å². The van der Waals surface area contributed by atoms with Gasteiger partial charge in [0.2, 0.25) is 0 Å². The van der Waals surface area contributed by atoms with Crippen molar-refractivity contribution in [3.8, 4) is 0 Å². The minimum absolute atomic E-state index is 0. The lowest BCUT2D eigenvalue weighted by atomic mass is 10.2. The molecule has 0 spiro atoms. The first-order chi connectivity index (χ1) is 2.91. The van der Waals surface area contributed by atoms with Gasteiger partial charge in [0.05, 0.1) is 0 Å². The third-order valence-corrected chi connectivity index (χ3v) is 0.957. The van der Waals surface area contributed by atoms with Crippen LogP contribution in [0.3, 0.4) is 0 Å². The predicted octanol–water partition coefficient (Wildman–Crippen LogP) is 2.21. The second kappa shape index (κ2) is 9.52. The molecule has 0 saturated carbocycles. The van der Waals surface area contributed by atoms with Gasteiger partial charge in [-0.1, -0.05) is 39.5 Å². The van der Waals surface area contributed by atoms with Crippen LogP contribution in [0.4, 0.5) is 0 Å². The molecule has 0 atom stereocenters. The maximum absolute atomic E-state index is 2.23. The number of rotatable bonds is 3. The van der Waals surface area contributed by atoms with E-state index in [0.717, 1.165) is 0 Å². The lowest BCUT2D eigenvalue weighted by Crippen LogP contribution is -1.66. The van der Waals surface area contributed by atoms with Gasteiger partial charge in [-0.15, -0.1) is 0 Å². The smallest absolute Gasteiger partial charge is 0 e. The molecular weight excluding hydrogens is 100 g/mol. The number of unbranched alkanes of at least 4 members (excludes halogenated alkanes) is 3. The van der Waals surface area contributed by atoms with Crippen molar-refractivity contribution < 1.29 is 0 Å². The van der Waals surface area contributed by atoms with Crippen molar-refractivity contribution in [2.75, 3.05) is 0 Å². The van der Waals surface area contributed by atoms with Crippen LogP contribution in [0.15, 0.2) is 0 Å². The first kappa shape index (κ1) is 10.2. The molecule has 0 aliphatic heterocycles. The fourth-order valence-electron chi connectivity index (χ4n) is 0.500. The fraction of sp³-hybridized carbons (Fsp3) is 1.00. The molecule has 0 aliphatic rings. The summed E-state index contributed by atoms with van der Waals surface area (Å²) in [6, 6.07) is 0. The summed E-state index contributed by atoms with van der Waals surface area (Å²) in [7, 11) is 0. The molecular formula is C6H14Si. The van der Waals surface area contributed by atoms with Crippen molar-refractivity contribution in [1.82, 2.24) is 0 Å². The van der Waals surface area contributed by atoms with Crippen molar-refractivity contribution in [3.05, 3.63) is 0 Å². The Balaban J connectivity index is 0. The van der Waals surface area contributed by atoms with Crippen LogP contribution in [-0.2, 0) is 0 Å². The van der Waals surface area contributed by atoms with Crippen LogP contribution >= 0.6 is 0 Å². The lowest BCUT2D eigenvalue weighted by Gasteiger charge is -1.86. The van der Waals surface area contributed by atoms with E-state index < -0.39 is 0 Å². The molecule has 0 heterocycles. The van der Waals surface area contributed by atoms with Gasteiger partial charge in [0.15, 0.2) is 0 Å². The monoisotopic (exact) mass is 114 g/mol. The molecule has 0 bridgehead atoms. The molecule has 0 aromatic heterocycles. The quantitative estimate of drug-likeness (QED) is 0.390. The summed E-state index contributed by atoms with van der Waals surface area (Å²) in [5.41, 5.74) is 0. The first-order valence-electron chi connectivity index (χ1n) is 2.91. The van der Waals surface area contributed by atoms with Gasteiger partial charge in [0.1, 0.15) is 0 Å². The molecule has 0 nitrogen and oxygen atoms in total. The SMILES string of the molecule is CCCCCC.[Si]. The van der Waals surface area contributed by atoms with Crippen LogP contribution < -0.4 is 0 Å². The fourth-order valence-corrected chi connectivity index (χ4v) is 0.500. The Morgan fingerprint density at radius 1 is 0.857 bits per heavy atom. The predicted molar refractivity (Wildman–Crippen MR) is 35.6 cm³/mol. The Bertz CT molecular complexity index is 16.1. The molecule has 0 saturated heterocycles. The van der Waals surface area contributed by atoms with Gasteiger partial charge in [-0.3, -0.25) is 0 Å². The summed E-state index contributed by atoms with van der Waals surface area (Å²) >= 11 is 0. The summed E-state index contributed by atoms with van der Waals surface area (Å²) in [5.74, 6) is 0. The van der Waals surface area contributed by atoms with Crippen molar-refractivity contribution in [3.63, 3.8) is 0 Å². The van der Waals surface area contributed by atoms with Crippen LogP contribution in [-0.4, -0.2) is 11.0 Å². The molecule has 7 heavy (non-hydrogen) atoms. The highest BCUT2D eigenvalue weighted by molar-refractivity contribution is 5.75. The maximum atomic E-state index is 2.23. The van der Waals surface area contributed by atoms with Crippen molar-refractivity contribution in [2.45, 2.75) is 39.5 Å². The van der Waals surface area contributed by atoms with Crippen LogP contribution in [0.1, 0.15) is 39.5 Å². The van der Waals surface area contributed by atoms with Gasteiger partial charge >= 0.3 is 0 Å². The zero-order chi connectivity index (χ0) is 4.83. The van der Waals surface area contributed by atoms with Crippen LogP contribution in [0.5, 0.6) is 0 Å². The van der Waals surface area contributed by atoms with Gasteiger partial charge in [-0.2, -0.15) is 0 Å². The molecule has 1 heteroatoms. The number of hydrogen-bond donors (Lipinski definition) is 0. The van der Waals surface area contributed by atoms with Crippen LogP contribution in [0, 0.1) is 0 Å². The molecule has 0 fully saturated rings. The standard InChI is InChI=1S/C6H14.Si/c1-3-5-6-4-2;/h3-6H2,1-2H3;. The largest absolute Gasteiger partial charge is 0.0654 e. The zero-order valence-corrected chi connectivity index (χ0v) is 6.33. The molecule has 0 aliphatic carbocycles. The Morgan fingerprint density at radius 3 is 1.29 bits per heavy atom. The molecule has 0 rings (SSSR count). The number of hydrogen-bond acceptors (Lipinski definition) is 0. The van der Waals surface area contributed by atoms with Crippen molar-refractivity contribution >= 4 is 11.0 Å². The summed E-state index contributed by atoms with van der Waals surface area (Å²) in [5, 5.41) is 0. The molecule has 0 amide bonds.